The Hall–Kier alpha value is -1.34. The quantitative estimate of drug-likeness (QED) is 0.619. The van der Waals surface area contributed by atoms with Crippen LogP contribution >= 0.6 is 0 Å². The van der Waals surface area contributed by atoms with E-state index in [0.29, 0.717) is 25.6 Å². The number of likely N-dealkylation sites (tertiary alicyclic amines) is 1. The van der Waals surface area contributed by atoms with E-state index in [2.05, 4.69) is 5.32 Å². The number of rotatable bonds is 5. The predicted molar refractivity (Wildman–Crippen MR) is 63.2 cm³/mol. The Kier molecular flexibility index (Phi) is 4.92. The molecule has 7 nitrogen and oxygen atoms in total. The van der Waals surface area contributed by atoms with Crippen LogP contribution < -0.4 is 5.32 Å². The van der Waals surface area contributed by atoms with E-state index in [9.17, 15) is 14.7 Å². The Morgan fingerprint density at radius 2 is 2.22 bits per heavy atom. The van der Waals surface area contributed by atoms with Gasteiger partial charge in [0.15, 0.2) is 5.60 Å². The number of nitrogens with zero attached hydrogens (tertiary/aromatic N) is 1. The van der Waals surface area contributed by atoms with Gasteiger partial charge in [-0.1, -0.05) is 0 Å². The molecule has 0 radical (unpaired) electrons. The fourth-order valence-corrected chi connectivity index (χ4v) is 1.82. The lowest BCUT2D eigenvalue weighted by Crippen LogP contribution is -2.49. The highest BCUT2D eigenvalue weighted by Crippen LogP contribution is 2.16. The average molecular weight is 260 g/mol. The largest absolute Gasteiger partial charge is 0.479 e. The zero-order valence-electron chi connectivity index (χ0n) is 10.7. The van der Waals surface area contributed by atoms with E-state index in [-0.39, 0.29) is 12.6 Å². The van der Waals surface area contributed by atoms with E-state index in [1.54, 1.807) is 12.0 Å². The Morgan fingerprint density at radius 1 is 1.56 bits per heavy atom. The standard InChI is InChI=1S/C11H20N2O5/c1-11(17,9(14)15)7-12-10(16)13-4-3-8(5-13)6-18-2/h8,17H,3-7H2,1-2H3,(H,12,16)(H,14,15). The molecule has 0 aromatic heterocycles. The number of hydrogen-bond donors (Lipinski definition) is 3. The van der Waals surface area contributed by atoms with Gasteiger partial charge in [0, 0.05) is 26.1 Å². The third-order valence-electron chi connectivity index (χ3n) is 3.02. The predicted octanol–water partition coefficient (Wildman–Crippen LogP) is -0.500. The molecule has 1 fully saturated rings. The van der Waals surface area contributed by atoms with Crippen LogP contribution in [0.25, 0.3) is 0 Å². The molecular weight excluding hydrogens is 240 g/mol. The molecule has 0 aromatic carbocycles. The van der Waals surface area contributed by atoms with Gasteiger partial charge in [-0.2, -0.15) is 0 Å². The summed E-state index contributed by atoms with van der Waals surface area (Å²) >= 11 is 0. The van der Waals surface area contributed by atoms with Gasteiger partial charge >= 0.3 is 12.0 Å². The molecule has 3 N–H and O–H groups in total. The molecule has 1 rings (SSSR count). The Balaban J connectivity index is 2.36. The molecule has 1 aliphatic heterocycles. The molecule has 18 heavy (non-hydrogen) atoms. The summed E-state index contributed by atoms with van der Waals surface area (Å²) in [5.41, 5.74) is -1.94. The zero-order valence-corrected chi connectivity index (χ0v) is 10.7. The van der Waals surface area contributed by atoms with Crippen LogP contribution in [0.3, 0.4) is 0 Å². The van der Waals surface area contributed by atoms with E-state index >= 15 is 0 Å². The molecule has 1 heterocycles. The van der Waals surface area contributed by atoms with Crippen molar-refractivity contribution in [2.24, 2.45) is 5.92 Å². The smallest absolute Gasteiger partial charge is 0.337 e. The van der Waals surface area contributed by atoms with E-state index in [4.69, 9.17) is 9.84 Å². The van der Waals surface area contributed by atoms with Crippen LogP contribution in [-0.2, 0) is 9.53 Å². The van der Waals surface area contributed by atoms with E-state index in [1.807, 2.05) is 0 Å². The normalized spacial score (nSPS) is 22.6. The number of aliphatic carboxylic acids is 1. The van der Waals surface area contributed by atoms with Gasteiger partial charge in [0.2, 0.25) is 0 Å². The molecule has 2 amide bonds. The Labute approximate surface area is 106 Å². The molecule has 0 bridgehead atoms. The highest BCUT2D eigenvalue weighted by molar-refractivity contribution is 5.79. The van der Waals surface area contributed by atoms with Gasteiger partial charge in [0.25, 0.3) is 0 Å². The number of urea groups is 1. The number of hydrogen-bond acceptors (Lipinski definition) is 4. The lowest BCUT2D eigenvalue weighted by atomic mass is 10.1. The summed E-state index contributed by atoms with van der Waals surface area (Å²) in [6.07, 6.45) is 0.872. The maximum atomic E-state index is 11.7. The highest BCUT2D eigenvalue weighted by Gasteiger charge is 2.32. The molecule has 0 aliphatic carbocycles. The van der Waals surface area contributed by atoms with Gasteiger partial charge in [-0.25, -0.2) is 9.59 Å². The number of ether oxygens (including phenoxy) is 1. The molecule has 7 heteroatoms. The average Bonchev–Trinajstić information content (AvgIpc) is 2.75. The second-order valence-corrected chi connectivity index (χ2v) is 4.79. The van der Waals surface area contributed by atoms with Crippen LogP contribution in [0.4, 0.5) is 4.79 Å². The molecule has 1 aliphatic rings. The van der Waals surface area contributed by atoms with Gasteiger partial charge < -0.3 is 25.2 Å². The van der Waals surface area contributed by atoms with Crippen molar-refractivity contribution in [3.05, 3.63) is 0 Å². The van der Waals surface area contributed by atoms with Crippen molar-refractivity contribution in [1.82, 2.24) is 10.2 Å². The van der Waals surface area contributed by atoms with Crippen molar-refractivity contribution in [1.29, 1.82) is 0 Å². The minimum atomic E-state index is -1.94. The minimum Gasteiger partial charge on any atom is -0.479 e. The first-order valence-electron chi connectivity index (χ1n) is 5.84. The summed E-state index contributed by atoms with van der Waals surface area (Å²) in [4.78, 5) is 24.0. The minimum absolute atomic E-state index is 0.313. The van der Waals surface area contributed by atoms with Crippen molar-refractivity contribution in [3.8, 4) is 0 Å². The number of carbonyl (C=O) groups excluding carboxylic acids is 1. The number of nitrogens with one attached hydrogen (secondary N) is 1. The van der Waals surface area contributed by atoms with Gasteiger partial charge in [-0.05, 0) is 13.3 Å². The molecule has 0 spiro atoms. The molecule has 0 saturated carbocycles. The summed E-state index contributed by atoms with van der Waals surface area (Å²) in [6.45, 7) is 2.65. The highest BCUT2D eigenvalue weighted by atomic mass is 16.5. The van der Waals surface area contributed by atoms with Crippen molar-refractivity contribution < 1.29 is 24.5 Å². The third kappa shape index (κ3) is 3.85. The molecule has 0 aromatic rings. The van der Waals surface area contributed by atoms with Crippen LogP contribution in [0.5, 0.6) is 0 Å². The summed E-state index contributed by atoms with van der Waals surface area (Å²) in [6, 6.07) is -0.352. The number of aliphatic hydroxyl groups is 1. The number of carbonyl (C=O) groups is 2. The molecule has 104 valence electrons. The fraction of sp³-hybridized carbons (Fsp3) is 0.818. The van der Waals surface area contributed by atoms with Gasteiger partial charge in [-0.3, -0.25) is 0 Å². The van der Waals surface area contributed by atoms with Gasteiger partial charge in [-0.15, -0.1) is 0 Å². The first kappa shape index (κ1) is 14.7. The molecular formula is C11H20N2O5. The second-order valence-electron chi connectivity index (χ2n) is 4.79. The number of carboxylic acids is 1. The van der Waals surface area contributed by atoms with Crippen LogP contribution in [0, 0.1) is 5.92 Å². The van der Waals surface area contributed by atoms with E-state index in [0.717, 1.165) is 13.3 Å². The third-order valence-corrected chi connectivity index (χ3v) is 3.02. The van der Waals surface area contributed by atoms with Crippen molar-refractivity contribution in [2.75, 3.05) is 33.4 Å². The Bertz CT molecular complexity index is 319. The summed E-state index contributed by atoms with van der Waals surface area (Å²) < 4.78 is 5.02. The molecule has 2 unspecified atom stereocenters. The maximum absolute atomic E-state index is 11.7. The maximum Gasteiger partial charge on any atom is 0.337 e. The lowest BCUT2D eigenvalue weighted by Gasteiger charge is -2.22. The summed E-state index contributed by atoms with van der Waals surface area (Å²) in [7, 11) is 1.62. The van der Waals surface area contributed by atoms with Crippen LogP contribution in [-0.4, -0.2) is 66.1 Å². The summed E-state index contributed by atoms with van der Waals surface area (Å²) in [5.74, 6) is -1.04. The van der Waals surface area contributed by atoms with Gasteiger partial charge in [0.05, 0.1) is 13.2 Å². The number of amides is 2. The fourth-order valence-electron chi connectivity index (χ4n) is 1.82. The second kappa shape index (κ2) is 6.01. The van der Waals surface area contributed by atoms with Crippen molar-refractivity contribution >= 4 is 12.0 Å². The van der Waals surface area contributed by atoms with E-state index in [1.165, 1.54) is 0 Å². The number of carboxylic acid groups (broad SMARTS) is 1. The van der Waals surface area contributed by atoms with Crippen LogP contribution in [0.1, 0.15) is 13.3 Å². The van der Waals surface area contributed by atoms with Crippen LogP contribution in [0.2, 0.25) is 0 Å². The van der Waals surface area contributed by atoms with Gasteiger partial charge in [0.1, 0.15) is 0 Å². The lowest BCUT2D eigenvalue weighted by molar-refractivity contribution is -0.155. The first-order chi connectivity index (χ1) is 8.36. The SMILES string of the molecule is COCC1CCN(C(=O)NCC(C)(O)C(=O)O)C1. The molecule has 1 saturated heterocycles. The number of methoxy groups -OCH3 is 1. The van der Waals surface area contributed by atoms with Crippen LogP contribution in [0.15, 0.2) is 0 Å². The first-order valence-corrected chi connectivity index (χ1v) is 5.84. The van der Waals surface area contributed by atoms with Crippen molar-refractivity contribution in [2.45, 2.75) is 18.9 Å². The monoisotopic (exact) mass is 260 g/mol. The summed E-state index contributed by atoms with van der Waals surface area (Å²) in [5, 5.41) is 20.6. The van der Waals surface area contributed by atoms with E-state index < -0.39 is 11.6 Å². The van der Waals surface area contributed by atoms with Crippen molar-refractivity contribution in [3.63, 3.8) is 0 Å². The zero-order chi connectivity index (χ0) is 13.8. The molecule has 2 atom stereocenters. The topological polar surface area (TPSA) is 99.1 Å². The Morgan fingerprint density at radius 3 is 2.78 bits per heavy atom.